The third-order valence-corrected chi connectivity index (χ3v) is 7.92. The SMILES string of the molecule is CCCCC/C=C\C/C=C\CC(O)/C=C\C=C\CCCC(=O)O[C@H](COC(=O)CCCCCCCCCCCCC)COP(=O)(O)O. The Hall–Kier alpha value is -2.03. The molecule has 0 aliphatic carbocycles. The van der Waals surface area contributed by atoms with E-state index in [1.54, 1.807) is 12.2 Å². The Labute approximate surface area is 285 Å². The maximum atomic E-state index is 12.3. The third-order valence-electron chi connectivity index (χ3n) is 7.43. The Morgan fingerprint density at radius 3 is 1.89 bits per heavy atom. The van der Waals surface area contributed by atoms with Crippen molar-refractivity contribution in [3.05, 3.63) is 48.6 Å². The predicted molar refractivity (Wildman–Crippen MR) is 190 cm³/mol. The van der Waals surface area contributed by atoms with Crippen LogP contribution in [0.2, 0.25) is 0 Å². The van der Waals surface area contributed by atoms with E-state index in [2.05, 4.69) is 36.6 Å². The van der Waals surface area contributed by atoms with Gasteiger partial charge in [-0.25, -0.2) is 4.57 Å². The average molecular weight is 685 g/mol. The molecule has 0 heterocycles. The summed E-state index contributed by atoms with van der Waals surface area (Å²) in [6, 6.07) is 0. The van der Waals surface area contributed by atoms with Crippen molar-refractivity contribution < 1.29 is 43.0 Å². The topological polar surface area (TPSA) is 140 Å². The molecule has 1 unspecified atom stereocenters. The van der Waals surface area contributed by atoms with Gasteiger partial charge >= 0.3 is 19.8 Å². The van der Waals surface area contributed by atoms with Gasteiger partial charge in [0.1, 0.15) is 6.61 Å². The van der Waals surface area contributed by atoms with Crippen LogP contribution in [0.15, 0.2) is 48.6 Å². The summed E-state index contributed by atoms with van der Waals surface area (Å²) in [6.07, 6.45) is 34.4. The second-order valence-corrected chi connectivity index (χ2v) is 13.3. The minimum Gasteiger partial charge on any atom is -0.462 e. The van der Waals surface area contributed by atoms with Crippen LogP contribution in [0.5, 0.6) is 0 Å². The van der Waals surface area contributed by atoms with Crippen molar-refractivity contribution in [2.45, 2.75) is 161 Å². The number of hydrogen-bond acceptors (Lipinski definition) is 7. The van der Waals surface area contributed by atoms with Crippen molar-refractivity contribution >= 4 is 19.8 Å². The molecule has 0 saturated heterocycles. The summed E-state index contributed by atoms with van der Waals surface area (Å²) < 4.78 is 26.1. The first-order chi connectivity index (χ1) is 22.7. The van der Waals surface area contributed by atoms with Crippen LogP contribution >= 0.6 is 7.82 Å². The van der Waals surface area contributed by atoms with Gasteiger partial charge in [-0.1, -0.05) is 140 Å². The molecule has 0 bridgehead atoms. The minimum atomic E-state index is -4.78. The zero-order valence-electron chi connectivity index (χ0n) is 29.3. The number of phosphoric acid groups is 1. The number of aliphatic hydroxyl groups excluding tert-OH is 1. The van der Waals surface area contributed by atoms with Gasteiger partial charge in [0.05, 0.1) is 12.7 Å². The quantitative estimate of drug-likeness (QED) is 0.0208. The molecule has 0 spiro atoms. The summed E-state index contributed by atoms with van der Waals surface area (Å²) in [7, 11) is -4.78. The molecule has 0 aliphatic heterocycles. The van der Waals surface area contributed by atoms with E-state index in [1.807, 2.05) is 18.2 Å². The highest BCUT2D eigenvalue weighted by Gasteiger charge is 2.22. The second-order valence-electron chi connectivity index (χ2n) is 12.0. The van der Waals surface area contributed by atoms with Gasteiger partial charge in [0.25, 0.3) is 0 Å². The number of carbonyl (C=O) groups is 2. The van der Waals surface area contributed by atoms with Crippen molar-refractivity contribution in [2.75, 3.05) is 13.2 Å². The number of unbranched alkanes of at least 4 members (excludes halogenated alkanes) is 14. The Morgan fingerprint density at radius 1 is 0.660 bits per heavy atom. The van der Waals surface area contributed by atoms with Crippen LogP contribution in [0.4, 0.5) is 0 Å². The Bertz CT molecular complexity index is 923. The number of carbonyl (C=O) groups excluding carboxylic acids is 2. The zero-order chi connectivity index (χ0) is 34.9. The molecule has 47 heavy (non-hydrogen) atoms. The van der Waals surface area contributed by atoms with Crippen molar-refractivity contribution in [1.82, 2.24) is 0 Å². The molecule has 10 heteroatoms. The van der Waals surface area contributed by atoms with E-state index in [-0.39, 0.29) is 19.4 Å². The lowest BCUT2D eigenvalue weighted by atomic mass is 10.1. The first-order valence-electron chi connectivity index (χ1n) is 18.0. The van der Waals surface area contributed by atoms with Gasteiger partial charge in [0, 0.05) is 12.8 Å². The number of phosphoric ester groups is 1. The fourth-order valence-corrected chi connectivity index (χ4v) is 5.04. The number of aliphatic hydroxyl groups is 1. The molecule has 2 atom stereocenters. The molecule has 272 valence electrons. The maximum absolute atomic E-state index is 12.3. The molecular formula is C37H65O9P. The number of allylic oxidation sites excluding steroid dienone is 6. The number of esters is 2. The van der Waals surface area contributed by atoms with Crippen LogP contribution in [0.25, 0.3) is 0 Å². The third kappa shape index (κ3) is 35.1. The Balaban J connectivity index is 4.21. The molecule has 0 rings (SSSR count). The van der Waals surface area contributed by atoms with Crippen LogP contribution in [0.1, 0.15) is 149 Å². The molecule has 3 N–H and O–H groups in total. The number of rotatable bonds is 32. The molecule has 0 fully saturated rings. The van der Waals surface area contributed by atoms with Gasteiger partial charge in [0.15, 0.2) is 6.10 Å². The standard InChI is InChI=1S/C37H65O9P/c1-3-5-7-9-11-13-14-16-18-22-26-30-36(39)44-32-35(33-45-47(41,42)43)46-37(40)31-27-23-19-21-25-29-34(38)28-24-20-17-15-12-10-8-6-4-2/h12,15,19-21,24-25,29,34-35,38H,3-11,13-14,16-18,22-23,26-28,30-33H2,1-2H3,(H2,41,42,43)/b15-12-,21-19+,24-20-,29-25-/t34?,35-/m1/s1. The molecule has 0 aromatic rings. The van der Waals surface area contributed by atoms with Crippen LogP contribution < -0.4 is 0 Å². The van der Waals surface area contributed by atoms with Crippen LogP contribution in [0, 0.1) is 0 Å². The minimum absolute atomic E-state index is 0.0770. The van der Waals surface area contributed by atoms with Gasteiger partial charge in [0.2, 0.25) is 0 Å². The summed E-state index contributed by atoms with van der Waals surface area (Å²) in [6.45, 7) is 3.50. The van der Waals surface area contributed by atoms with E-state index in [0.29, 0.717) is 25.7 Å². The lowest BCUT2D eigenvalue weighted by Gasteiger charge is -2.18. The number of hydrogen-bond donors (Lipinski definition) is 3. The van der Waals surface area contributed by atoms with Crippen molar-refractivity contribution in [1.29, 1.82) is 0 Å². The lowest BCUT2D eigenvalue weighted by molar-refractivity contribution is -0.161. The van der Waals surface area contributed by atoms with Gasteiger partial charge in [-0.2, -0.15) is 0 Å². The first-order valence-corrected chi connectivity index (χ1v) is 19.6. The smallest absolute Gasteiger partial charge is 0.462 e. The zero-order valence-corrected chi connectivity index (χ0v) is 30.2. The van der Waals surface area contributed by atoms with Crippen LogP contribution in [0.3, 0.4) is 0 Å². The maximum Gasteiger partial charge on any atom is 0.469 e. The largest absolute Gasteiger partial charge is 0.469 e. The Kier molecular flexibility index (Phi) is 31.1. The van der Waals surface area contributed by atoms with Crippen LogP contribution in [-0.4, -0.2) is 52.3 Å². The summed E-state index contributed by atoms with van der Waals surface area (Å²) in [5.74, 6) is -1.02. The van der Waals surface area contributed by atoms with E-state index in [9.17, 15) is 19.3 Å². The lowest BCUT2D eigenvalue weighted by Crippen LogP contribution is -2.29. The van der Waals surface area contributed by atoms with Crippen molar-refractivity contribution in [3.63, 3.8) is 0 Å². The Morgan fingerprint density at radius 2 is 1.23 bits per heavy atom. The van der Waals surface area contributed by atoms with Gasteiger partial charge in [-0.15, -0.1) is 0 Å². The van der Waals surface area contributed by atoms with Gasteiger partial charge in [-0.05, 0) is 44.9 Å². The summed E-state index contributed by atoms with van der Waals surface area (Å²) >= 11 is 0. The van der Waals surface area contributed by atoms with Crippen LogP contribution in [-0.2, 0) is 28.2 Å². The molecule has 0 radical (unpaired) electrons. The van der Waals surface area contributed by atoms with E-state index >= 15 is 0 Å². The van der Waals surface area contributed by atoms with Crippen molar-refractivity contribution in [3.8, 4) is 0 Å². The molecule has 0 aromatic carbocycles. The van der Waals surface area contributed by atoms with Gasteiger partial charge in [-0.3, -0.25) is 14.1 Å². The summed E-state index contributed by atoms with van der Waals surface area (Å²) in [4.78, 5) is 42.6. The highest BCUT2D eigenvalue weighted by Crippen LogP contribution is 2.35. The fraction of sp³-hybridized carbons (Fsp3) is 0.730. The van der Waals surface area contributed by atoms with E-state index in [1.165, 1.54) is 64.2 Å². The van der Waals surface area contributed by atoms with Crippen molar-refractivity contribution in [2.24, 2.45) is 0 Å². The van der Waals surface area contributed by atoms with E-state index in [4.69, 9.17) is 19.3 Å². The number of ether oxygens (including phenoxy) is 2. The van der Waals surface area contributed by atoms with Gasteiger partial charge < -0.3 is 24.4 Å². The first kappa shape index (κ1) is 45.0. The fourth-order valence-electron chi connectivity index (χ4n) is 4.68. The van der Waals surface area contributed by atoms with E-state index < -0.39 is 38.6 Å². The summed E-state index contributed by atoms with van der Waals surface area (Å²) in [5.41, 5.74) is 0. The highest BCUT2D eigenvalue weighted by atomic mass is 31.2. The monoisotopic (exact) mass is 684 g/mol. The molecular weight excluding hydrogens is 619 g/mol. The molecule has 0 amide bonds. The summed E-state index contributed by atoms with van der Waals surface area (Å²) in [5, 5.41) is 10.1. The molecule has 0 aromatic heterocycles. The van der Waals surface area contributed by atoms with E-state index in [0.717, 1.165) is 32.1 Å². The average Bonchev–Trinajstić information content (AvgIpc) is 3.03. The predicted octanol–water partition coefficient (Wildman–Crippen LogP) is 9.37. The highest BCUT2D eigenvalue weighted by molar-refractivity contribution is 7.46. The molecule has 9 nitrogen and oxygen atoms in total. The molecule has 0 saturated carbocycles. The molecule has 0 aliphatic rings. The second kappa shape index (κ2) is 32.5. The normalized spacial score (nSPS) is 13.7.